The fraction of sp³-hybridized carbons (Fsp3) is 0.696. The van der Waals surface area contributed by atoms with Crippen LogP contribution in [0.3, 0.4) is 0 Å². The molecule has 1 aromatic rings. The van der Waals surface area contributed by atoms with Crippen LogP contribution in [-0.2, 0) is 10.2 Å². The fourth-order valence-corrected chi connectivity index (χ4v) is 6.42. The molecule has 4 atom stereocenters. The van der Waals surface area contributed by atoms with Gasteiger partial charge in [0.25, 0.3) is 0 Å². The molecule has 26 heavy (non-hydrogen) atoms. The fourth-order valence-electron chi connectivity index (χ4n) is 6.42. The summed E-state index contributed by atoms with van der Waals surface area (Å²) in [5, 5.41) is 6.81. The van der Waals surface area contributed by atoms with Crippen LogP contribution in [0.4, 0.5) is 0 Å². The highest BCUT2D eigenvalue weighted by Crippen LogP contribution is 2.58. The molecule has 0 aromatic heterocycles. The van der Waals surface area contributed by atoms with Crippen LogP contribution in [0.5, 0.6) is 0 Å². The van der Waals surface area contributed by atoms with E-state index >= 15 is 0 Å². The number of fused-ring (bicyclic) bond motifs is 2. The smallest absolute Gasteiger partial charge is 0.226 e. The summed E-state index contributed by atoms with van der Waals surface area (Å²) in [4.78, 5) is 13.3. The van der Waals surface area contributed by atoms with E-state index in [1.807, 2.05) is 0 Å². The molecule has 142 valence electrons. The standard InChI is InChI=1S/C23H34N2O/c1-17-12-18-14-22(2,21(26)25-20-8-10-24-11-9-20)16-23(13-17,15-18)19-6-4-3-5-7-19/h3-7,17-18,20,24H,8-16H2,1-2H3,(H,25,26). The molecule has 1 aromatic carbocycles. The SMILES string of the molecule is CC1CC2CC(C)(C(=O)NC3CCNCC3)CC(c3ccccc3)(C1)C2. The van der Waals surface area contributed by atoms with Crippen molar-refractivity contribution in [1.82, 2.24) is 10.6 Å². The van der Waals surface area contributed by atoms with Gasteiger partial charge in [0.05, 0.1) is 0 Å². The lowest BCUT2D eigenvalue weighted by atomic mass is 9.50. The lowest BCUT2D eigenvalue weighted by Gasteiger charge is -2.54. The first-order valence-electron chi connectivity index (χ1n) is 10.6. The van der Waals surface area contributed by atoms with Gasteiger partial charge in [0.1, 0.15) is 0 Å². The molecule has 3 nitrogen and oxygen atoms in total. The number of nitrogens with one attached hydrogen (secondary N) is 2. The van der Waals surface area contributed by atoms with Gasteiger partial charge >= 0.3 is 0 Å². The van der Waals surface area contributed by atoms with E-state index in [2.05, 4.69) is 54.8 Å². The molecule has 2 aliphatic carbocycles. The van der Waals surface area contributed by atoms with Gasteiger partial charge in [-0.3, -0.25) is 4.79 Å². The Bertz CT molecular complexity index is 635. The van der Waals surface area contributed by atoms with E-state index in [9.17, 15) is 4.79 Å². The van der Waals surface area contributed by atoms with Gasteiger partial charge in [-0.2, -0.15) is 0 Å². The van der Waals surface area contributed by atoms with Crippen LogP contribution in [0.2, 0.25) is 0 Å². The first-order valence-corrected chi connectivity index (χ1v) is 10.6. The summed E-state index contributed by atoms with van der Waals surface area (Å²) in [6, 6.07) is 11.4. The number of benzene rings is 1. The summed E-state index contributed by atoms with van der Waals surface area (Å²) in [7, 11) is 0. The second kappa shape index (κ2) is 6.99. The second-order valence-corrected chi connectivity index (χ2v) is 9.70. The molecule has 1 aliphatic heterocycles. The Morgan fingerprint density at radius 3 is 2.58 bits per heavy atom. The van der Waals surface area contributed by atoms with E-state index in [0.29, 0.717) is 17.9 Å². The highest BCUT2D eigenvalue weighted by Gasteiger charge is 2.53. The number of piperidine rings is 1. The van der Waals surface area contributed by atoms with E-state index in [1.54, 1.807) is 0 Å². The van der Waals surface area contributed by atoms with E-state index in [-0.39, 0.29) is 10.8 Å². The lowest BCUT2D eigenvalue weighted by molar-refractivity contribution is -0.137. The lowest BCUT2D eigenvalue weighted by Crippen LogP contribution is -2.54. The molecule has 0 spiro atoms. The topological polar surface area (TPSA) is 41.1 Å². The van der Waals surface area contributed by atoms with Crippen molar-refractivity contribution in [3.8, 4) is 0 Å². The molecule has 3 fully saturated rings. The summed E-state index contributed by atoms with van der Waals surface area (Å²) >= 11 is 0. The zero-order chi connectivity index (χ0) is 18.2. The average molecular weight is 355 g/mol. The Balaban J connectivity index is 1.58. The van der Waals surface area contributed by atoms with Crippen LogP contribution in [0.25, 0.3) is 0 Å². The minimum atomic E-state index is -0.232. The molecule has 1 amide bonds. The largest absolute Gasteiger partial charge is 0.353 e. The molecule has 3 aliphatic rings. The van der Waals surface area contributed by atoms with Crippen molar-refractivity contribution < 1.29 is 4.79 Å². The molecule has 3 heteroatoms. The molecular formula is C23H34N2O. The predicted octanol–water partition coefficient (Wildman–Crippen LogP) is 4.03. The van der Waals surface area contributed by atoms with Crippen LogP contribution >= 0.6 is 0 Å². The van der Waals surface area contributed by atoms with Crippen LogP contribution in [0.1, 0.15) is 64.4 Å². The van der Waals surface area contributed by atoms with Gasteiger partial charge in [-0.25, -0.2) is 0 Å². The molecule has 2 N–H and O–H groups in total. The van der Waals surface area contributed by atoms with Crippen LogP contribution in [0.15, 0.2) is 30.3 Å². The first-order chi connectivity index (χ1) is 12.5. The summed E-state index contributed by atoms with van der Waals surface area (Å²) in [5.74, 6) is 1.74. The summed E-state index contributed by atoms with van der Waals surface area (Å²) < 4.78 is 0. The number of hydrogen-bond donors (Lipinski definition) is 2. The molecule has 4 rings (SSSR count). The minimum Gasteiger partial charge on any atom is -0.353 e. The number of hydrogen-bond acceptors (Lipinski definition) is 2. The van der Waals surface area contributed by atoms with E-state index < -0.39 is 0 Å². The van der Waals surface area contributed by atoms with Gasteiger partial charge in [-0.15, -0.1) is 0 Å². The van der Waals surface area contributed by atoms with Gasteiger partial charge in [0.2, 0.25) is 5.91 Å². The summed E-state index contributed by atoms with van der Waals surface area (Å²) in [6.45, 7) is 6.69. The van der Waals surface area contributed by atoms with Crippen LogP contribution in [0, 0.1) is 17.3 Å². The van der Waals surface area contributed by atoms with Crippen molar-refractivity contribution in [3.63, 3.8) is 0 Å². The monoisotopic (exact) mass is 354 g/mol. The molecule has 2 bridgehead atoms. The van der Waals surface area contributed by atoms with Crippen molar-refractivity contribution in [3.05, 3.63) is 35.9 Å². The number of amides is 1. The first kappa shape index (κ1) is 18.0. The van der Waals surface area contributed by atoms with Gasteiger partial charge < -0.3 is 10.6 Å². The van der Waals surface area contributed by atoms with Gasteiger partial charge in [0, 0.05) is 11.5 Å². The molecule has 1 heterocycles. The highest BCUT2D eigenvalue weighted by molar-refractivity contribution is 5.83. The van der Waals surface area contributed by atoms with Crippen molar-refractivity contribution in [2.24, 2.45) is 17.3 Å². The molecular weight excluding hydrogens is 320 g/mol. The van der Waals surface area contributed by atoms with Crippen LogP contribution < -0.4 is 10.6 Å². The van der Waals surface area contributed by atoms with Crippen molar-refractivity contribution >= 4 is 5.91 Å². The van der Waals surface area contributed by atoms with Gasteiger partial charge in [0.15, 0.2) is 0 Å². The zero-order valence-electron chi connectivity index (χ0n) is 16.4. The molecule has 1 saturated heterocycles. The van der Waals surface area contributed by atoms with Crippen molar-refractivity contribution in [1.29, 1.82) is 0 Å². The Morgan fingerprint density at radius 1 is 1.12 bits per heavy atom. The third-order valence-corrected chi connectivity index (χ3v) is 7.23. The maximum absolute atomic E-state index is 13.3. The minimum absolute atomic E-state index is 0.183. The van der Waals surface area contributed by atoms with Crippen molar-refractivity contribution in [2.75, 3.05) is 13.1 Å². The zero-order valence-corrected chi connectivity index (χ0v) is 16.4. The Hall–Kier alpha value is -1.35. The second-order valence-electron chi connectivity index (χ2n) is 9.70. The average Bonchev–Trinajstić information content (AvgIpc) is 2.62. The third kappa shape index (κ3) is 3.43. The maximum atomic E-state index is 13.3. The van der Waals surface area contributed by atoms with E-state index in [4.69, 9.17) is 0 Å². The number of carbonyl (C=O) groups is 1. The normalized spacial score (nSPS) is 37.9. The Kier molecular flexibility index (Phi) is 4.85. The Labute approximate surface area is 158 Å². The number of rotatable bonds is 3. The third-order valence-electron chi connectivity index (χ3n) is 7.23. The maximum Gasteiger partial charge on any atom is 0.226 e. The van der Waals surface area contributed by atoms with Gasteiger partial charge in [-0.05, 0) is 80.8 Å². The van der Waals surface area contributed by atoms with E-state index in [1.165, 1.54) is 24.8 Å². The van der Waals surface area contributed by atoms with Crippen LogP contribution in [-0.4, -0.2) is 25.0 Å². The highest BCUT2D eigenvalue weighted by atomic mass is 16.2. The molecule has 2 saturated carbocycles. The van der Waals surface area contributed by atoms with Crippen molar-refractivity contribution in [2.45, 2.75) is 70.3 Å². The summed E-state index contributed by atoms with van der Waals surface area (Å²) in [6.07, 6.45) is 7.95. The quantitative estimate of drug-likeness (QED) is 0.860. The Morgan fingerprint density at radius 2 is 1.85 bits per heavy atom. The number of carbonyl (C=O) groups excluding carboxylic acids is 1. The molecule has 0 radical (unpaired) electrons. The molecule has 4 unspecified atom stereocenters. The summed E-state index contributed by atoms with van der Waals surface area (Å²) in [5.41, 5.74) is 1.41. The van der Waals surface area contributed by atoms with Gasteiger partial charge in [-0.1, -0.05) is 44.2 Å². The predicted molar refractivity (Wildman–Crippen MR) is 106 cm³/mol. The van der Waals surface area contributed by atoms with E-state index in [0.717, 1.165) is 44.7 Å².